The largest absolute Gasteiger partial charge is 0.389 e. The van der Waals surface area contributed by atoms with Gasteiger partial charge in [0.15, 0.2) is 11.5 Å². The highest BCUT2D eigenvalue weighted by Crippen LogP contribution is 2.28. The number of nitrogens with one attached hydrogen (secondary N) is 1. The molecular formula is C16H18N6O. The average Bonchev–Trinajstić information content (AvgIpc) is 2.60. The van der Waals surface area contributed by atoms with Gasteiger partial charge in [-0.25, -0.2) is 4.99 Å². The van der Waals surface area contributed by atoms with Crippen molar-refractivity contribution < 1.29 is 4.84 Å². The first-order chi connectivity index (χ1) is 11.3. The van der Waals surface area contributed by atoms with Gasteiger partial charge in [0, 0.05) is 25.8 Å². The Hall–Kier alpha value is -2.93. The smallest absolute Gasteiger partial charge is 0.265 e. The zero-order chi connectivity index (χ0) is 16.1. The Kier molecular flexibility index (Phi) is 4.49. The van der Waals surface area contributed by atoms with Gasteiger partial charge in [-0.15, -0.1) is 10.2 Å². The number of aromatic nitrogens is 2. The second-order valence-corrected chi connectivity index (χ2v) is 5.03. The lowest BCUT2D eigenvalue weighted by Crippen LogP contribution is -2.34. The van der Waals surface area contributed by atoms with Gasteiger partial charge in [-0.05, 0) is 11.6 Å². The lowest BCUT2D eigenvalue weighted by atomic mass is 10.2. The molecule has 1 aromatic carbocycles. The Morgan fingerprint density at radius 1 is 1.39 bits per heavy atom. The van der Waals surface area contributed by atoms with Gasteiger partial charge < -0.3 is 15.1 Å². The number of nitrogens with two attached hydrogens (primary N) is 1. The molecule has 0 bridgehead atoms. The van der Waals surface area contributed by atoms with Crippen molar-refractivity contribution in [2.45, 2.75) is 6.54 Å². The Balaban J connectivity index is 1.93. The standard InChI is InChI=1S/C16H18N6O/c1-2-18-16(23-17)13-10-14-15(21-20-13)19-8-9-22(14)11-12-6-4-3-5-7-12/h2-7,10H,1,8-9,11,17H2,(H,19,21). The SMILES string of the molecule is C=CN=C(ON)c1cc2c(nn1)NCCN2Cc1ccccc1. The molecule has 1 aromatic heterocycles. The minimum absolute atomic E-state index is 0.181. The van der Waals surface area contributed by atoms with Crippen LogP contribution in [0.2, 0.25) is 0 Å². The summed E-state index contributed by atoms with van der Waals surface area (Å²) in [7, 11) is 0. The van der Waals surface area contributed by atoms with E-state index in [0.717, 1.165) is 31.1 Å². The third kappa shape index (κ3) is 3.29. The molecule has 23 heavy (non-hydrogen) atoms. The summed E-state index contributed by atoms with van der Waals surface area (Å²) in [5, 5.41) is 11.6. The van der Waals surface area contributed by atoms with E-state index in [9.17, 15) is 0 Å². The summed E-state index contributed by atoms with van der Waals surface area (Å²) in [5.74, 6) is 6.17. The van der Waals surface area contributed by atoms with Gasteiger partial charge in [0.05, 0.1) is 5.69 Å². The van der Waals surface area contributed by atoms with Crippen molar-refractivity contribution in [3.8, 4) is 0 Å². The predicted molar refractivity (Wildman–Crippen MR) is 90.0 cm³/mol. The zero-order valence-corrected chi connectivity index (χ0v) is 12.6. The maximum atomic E-state index is 5.25. The third-order valence-corrected chi connectivity index (χ3v) is 3.54. The summed E-state index contributed by atoms with van der Waals surface area (Å²) in [5.41, 5.74) is 2.64. The molecule has 0 radical (unpaired) electrons. The van der Waals surface area contributed by atoms with Crippen LogP contribution in [0.4, 0.5) is 11.5 Å². The maximum absolute atomic E-state index is 5.25. The number of nitrogens with zero attached hydrogens (tertiary/aromatic N) is 4. The van der Waals surface area contributed by atoms with Gasteiger partial charge in [-0.3, -0.25) is 0 Å². The number of anilines is 2. The average molecular weight is 310 g/mol. The lowest BCUT2D eigenvalue weighted by molar-refractivity contribution is 0.321. The van der Waals surface area contributed by atoms with Crippen LogP contribution in [0.5, 0.6) is 0 Å². The molecule has 0 amide bonds. The molecule has 7 heteroatoms. The summed E-state index contributed by atoms with van der Waals surface area (Å²) < 4.78 is 0. The first-order valence-electron chi connectivity index (χ1n) is 7.28. The summed E-state index contributed by atoms with van der Waals surface area (Å²) in [6.45, 7) is 6.01. The van der Waals surface area contributed by atoms with Gasteiger partial charge in [-0.2, -0.15) is 5.90 Å². The minimum atomic E-state index is 0.181. The van der Waals surface area contributed by atoms with Crippen molar-refractivity contribution in [2.75, 3.05) is 23.3 Å². The van der Waals surface area contributed by atoms with Crippen LogP contribution in [-0.2, 0) is 11.4 Å². The van der Waals surface area contributed by atoms with E-state index >= 15 is 0 Å². The topological polar surface area (TPSA) is 88.7 Å². The number of benzene rings is 1. The molecule has 0 unspecified atom stereocenters. The second-order valence-electron chi connectivity index (χ2n) is 5.03. The molecule has 0 saturated heterocycles. The van der Waals surface area contributed by atoms with Crippen molar-refractivity contribution >= 4 is 17.4 Å². The Labute approximate surface area is 134 Å². The third-order valence-electron chi connectivity index (χ3n) is 3.54. The molecule has 0 saturated carbocycles. The fraction of sp³-hybridized carbons (Fsp3) is 0.188. The number of aliphatic imine (C=N–C) groups is 1. The molecule has 3 rings (SSSR count). The van der Waals surface area contributed by atoms with Gasteiger partial charge >= 0.3 is 0 Å². The van der Waals surface area contributed by atoms with Gasteiger partial charge in [0.25, 0.3) is 5.90 Å². The highest BCUT2D eigenvalue weighted by Gasteiger charge is 2.21. The monoisotopic (exact) mass is 310 g/mol. The first-order valence-corrected chi connectivity index (χ1v) is 7.28. The Bertz CT molecular complexity index is 716. The molecule has 1 aliphatic heterocycles. The zero-order valence-electron chi connectivity index (χ0n) is 12.6. The number of fused-ring (bicyclic) bond motifs is 1. The number of hydrogen-bond donors (Lipinski definition) is 2. The van der Waals surface area contributed by atoms with E-state index < -0.39 is 0 Å². The van der Waals surface area contributed by atoms with E-state index in [1.54, 1.807) is 0 Å². The summed E-state index contributed by atoms with van der Waals surface area (Å²) in [6, 6.07) is 12.1. The van der Waals surface area contributed by atoms with Crippen LogP contribution in [-0.4, -0.2) is 29.2 Å². The van der Waals surface area contributed by atoms with Gasteiger partial charge in [0.1, 0.15) is 0 Å². The minimum Gasteiger partial charge on any atom is -0.389 e. The highest BCUT2D eigenvalue weighted by atomic mass is 16.6. The molecule has 2 heterocycles. The molecule has 7 nitrogen and oxygen atoms in total. The molecule has 1 aliphatic rings. The van der Waals surface area contributed by atoms with Gasteiger partial charge in [0.2, 0.25) is 0 Å². The summed E-state index contributed by atoms with van der Waals surface area (Å²) in [6.07, 6.45) is 1.35. The maximum Gasteiger partial charge on any atom is 0.265 e. The number of hydrogen-bond acceptors (Lipinski definition) is 7. The molecule has 118 valence electrons. The van der Waals surface area contributed by atoms with Crippen LogP contribution in [0.3, 0.4) is 0 Å². The molecule has 0 aliphatic carbocycles. The number of rotatable bonds is 4. The molecule has 0 atom stereocenters. The van der Waals surface area contributed by atoms with E-state index in [-0.39, 0.29) is 5.90 Å². The van der Waals surface area contributed by atoms with Crippen molar-refractivity contribution in [3.63, 3.8) is 0 Å². The highest BCUT2D eigenvalue weighted by molar-refractivity contribution is 5.93. The predicted octanol–water partition coefficient (Wildman–Crippen LogP) is 1.69. The molecule has 3 N–H and O–H groups in total. The fourth-order valence-electron chi connectivity index (χ4n) is 2.49. The van der Waals surface area contributed by atoms with E-state index in [1.807, 2.05) is 24.3 Å². The first kappa shape index (κ1) is 15.0. The quantitative estimate of drug-likeness (QED) is 0.507. The Morgan fingerprint density at radius 3 is 2.96 bits per heavy atom. The normalized spacial score (nSPS) is 14.0. The fourth-order valence-corrected chi connectivity index (χ4v) is 2.49. The van der Waals surface area contributed by atoms with E-state index in [2.05, 4.69) is 44.1 Å². The van der Waals surface area contributed by atoms with Crippen LogP contribution < -0.4 is 16.1 Å². The van der Waals surface area contributed by atoms with Gasteiger partial charge in [-0.1, -0.05) is 36.9 Å². The van der Waals surface area contributed by atoms with Crippen molar-refractivity contribution in [2.24, 2.45) is 10.9 Å². The van der Waals surface area contributed by atoms with E-state index in [1.165, 1.54) is 11.8 Å². The van der Waals surface area contributed by atoms with Crippen LogP contribution in [0, 0.1) is 0 Å². The molecule has 2 aromatic rings. The summed E-state index contributed by atoms with van der Waals surface area (Å²) in [4.78, 5) is 11.0. The van der Waals surface area contributed by atoms with E-state index in [0.29, 0.717) is 5.69 Å². The van der Waals surface area contributed by atoms with Crippen LogP contribution in [0.1, 0.15) is 11.3 Å². The van der Waals surface area contributed by atoms with E-state index in [4.69, 9.17) is 10.7 Å². The van der Waals surface area contributed by atoms with Crippen LogP contribution in [0.15, 0.2) is 54.2 Å². The van der Waals surface area contributed by atoms with Crippen LogP contribution in [0.25, 0.3) is 0 Å². The lowest BCUT2D eigenvalue weighted by Gasteiger charge is -2.31. The molecule has 0 fully saturated rings. The van der Waals surface area contributed by atoms with Crippen molar-refractivity contribution in [3.05, 3.63) is 60.4 Å². The molecule has 0 spiro atoms. The van der Waals surface area contributed by atoms with Crippen molar-refractivity contribution in [1.29, 1.82) is 0 Å². The molecular weight excluding hydrogens is 292 g/mol. The van der Waals surface area contributed by atoms with Crippen molar-refractivity contribution in [1.82, 2.24) is 10.2 Å². The summed E-state index contributed by atoms with van der Waals surface area (Å²) >= 11 is 0. The van der Waals surface area contributed by atoms with Crippen LogP contribution >= 0.6 is 0 Å². The Morgan fingerprint density at radius 2 is 2.22 bits per heavy atom. The second kappa shape index (κ2) is 6.89.